The molecule has 1 saturated heterocycles. The largest absolute Gasteiger partial charge is 0.379 e. The summed E-state index contributed by atoms with van der Waals surface area (Å²) in [7, 11) is 0. The van der Waals surface area contributed by atoms with E-state index in [2.05, 4.69) is 33.0 Å². The van der Waals surface area contributed by atoms with Gasteiger partial charge in [-0.25, -0.2) is 0 Å². The molecule has 5 nitrogen and oxygen atoms in total. The van der Waals surface area contributed by atoms with Gasteiger partial charge in [0.2, 0.25) is 11.8 Å². The van der Waals surface area contributed by atoms with Crippen LogP contribution in [0.2, 0.25) is 0 Å². The first-order chi connectivity index (χ1) is 8.91. The molecule has 0 aromatic rings. The van der Waals surface area contributed by atoms with E-state index in [0.29, 0.717) is 38.0 Å². The number of piperazine rings is 1. The van der Waals surface area contributed by atoms with Crippen molar-refractivity contribution in [3.8, 4) is 0 Å². The van der Waals surface area contributed by atoms with Crippen molar-refractivity contribution >= 4 is 11.8 Å². The Morgan fingerprint density at radius 2 is 1.95 bits per heavy atom. The molecule has 1 aliphatic heterocycles. The first kappa shape index (κ1) is 16.0. The molecule has 0 aliphatic carbocycles. The smallest absolute Gasteiger partial charge is 0.243 e. The fourth-order valence-electron chi connectivity index (χ4n) is 2.14. The average Bonchev–Trinajstić information content (AvgIpc) is 2.31. The van der Waals surface area contributed by atoms with E-state index in [4.69, 9.17) is 4.74 Å². The lowest BCUT2D eigenvalue weighted by Crippen LogP contribution is -2.59. The fourth-order valence-corrected chi connectivity index (χ4v) is 2.14. The summed E-state index contributed by atoms with van der Waals surface area (Å²) >= 11 is 0. The standard InChI is InChI=1S/C14H26N2O3/c1-10(2)7-12-14(18)15-8-13(17)16(12)5-6-19-9-11(3)4/h10-12H,5-9H2,1-4H3,(H,15,18). The van der Waals surface area contributed by atoms with Crippen molar-refractivity contribution in [1.29, 1.82) is 0 Å². The molecule has 19 heavy (non-hydrogen) atoms. The van der Waals surface area contributed by atoms with E-state index in [-0.39, 0.29) is 24.4 Å². The molecule has 5 heteroatoms. The summed E-state index contributed by atoms with van der Waals surface area (Å²) in [6, 6.07) is -0.344. The monoisotopic (exact) mass is 270 g/mol. The van der Waals surface area contributed by atoms with Crippen LogP contribution in [-0.2, 0) is 14.3 Å². The molecule has 0 aromatic carbocycles. The van der Waals surface area contributed by atoms with E-state index >= 15 is 0 Å². The molecule has 0 bridgehead atoms. The van der Waals surface area contributed by atoms with Crippen molar-refractivity contribution < 1.29 is 14.3 Å². The van der Waals surface area contributed by atoms with Gasteiger partial charge in [0.25, 0.3) is 0 Å². The summed E-state index contributed by atoms with van der Waals surface area (Å²) in [5.74, 6) is 0.795. The predicted octanol–water partition coefficient (Wildman–Crippen LogP) is 1.03. The molecule has 110 valence electrons. The van der Waals surface area contributed by atoms with Crippen LogP contribution in [0.15, 0.2) is 0 Å². The zero-order valence-corrected chi connectivity index (χ0v) is 12.4. The Hall–Kier alpha value is -1.10. The normalized spacial score (nSPS) is 20.3. The van der Waals surface area contributed by atoms with E-state index in [1.165, 1.54) is 0 Å². The maximum Gasteiger partial charge on any atom is 0.243 e. The Morgan fingerprint density at radius 1 is 1.26 bits per heavy atom. The summed E-state index contributed by atoms with van der Waals surface area (Å²) in [6.45, 7) is 10.1. The lowest BCUT2D eigenvalue weighted by molar-refractivity contribution is -0.147. The van der Waals surface area contributed by atoms with Crippen molar-refractivity contribution in [2.45, 2.75) is 40.2 Å². The zero-order valence-electron chi connectivity index (χ0n) is 12.4. The number of nitrogens with one attached hydrogen (secondary N) is 1. The van der Waals surface area contributed by atoms with Gasteiger partial charge < -0.3 is 15.0 Å². The molecule has 0 aromatic heterocycles. The third-order valence-corrected chi connectivity index (χ3v) is 3.04. The van der Waals surface area contributed by atoms with E-state index in [9.17, 15) is 9.59 Å². The SMILES string of the molecule is CC(C)COCCN1C(=O)CNC(=O)C1CC(C)C. The molecule has 1 unspecified atom stereocenters. The van der Waals surface area contributed by atoms with Gasteiger partial charge in [0.1, 0.15) is 6.04 Å². The maximum atomic E-state index is 11.9. The van der Waals surface area contributed by atoms with E-state index in [1.807, 2.05) is 0 Å². The highest BCUT2D eigenvalue weighted by molar-refractivity contribution is 5.94. The Morgan fingerprint density at radius 3 is 2.53 bits per heavy atom. The lowest BCUT2D eigenvalue weighted by atomic mass is 10.00. The summed E-state index contributed by atoms with van der Waals surface area (Å²) in [5, 5.41) is 2.65. The minimum atomic E-state index is -0.344. The van der Waals surface area contributed by atoms with Crippen molar-refractivity contribution in [3.63, 3.8) is 0 Å². The zero-order chi connectivity index (χ0) is 14.4. The van der Waals surface area contributed by atoms with Gasteiger partial charge in [-0.1, -0.05) is 27.7 Å². The molecule has 1 atom stereocenters. The highest BCUT2D eigenvalue weighted by Gasteiger charge is 2.34. The number of amides is 2. The number of rotatable bonds is 7. The van der Waals surface area contributed by atoms with Crippen molar-refractivity contribution in [2.24, 2.45) is 11.8 Å². The van der Waals surface area contributed by atoms with Gasteiger partial charge in [-0.3, -0.25) is 9.59 Å². The molecular formula is C14H26N2O3. The van der Waals surface area contributed by atoms with Gasteiger partial charge in [-0.2, -0.15) is 0 Å². The lowest BCUT2D eigenvalue weighted by Gasteiger charge is -2.35. The average molecular weight is 270 g/mol. The second-order valence-corrected chi connectivity index (χ2v) is 5.92. The van der Waals surface area contributed by atoms with Crippen LogP contribution in [0.3, 0.4) is 0 Å². The van der Waals surface area contributed by atoms with Crippen LogP contribution in [0.5, 0.6) is 0 Å². The molecule has 0 radical (unpaired) electrons. The third-order valence-electron chi connectivity index (χ3n) is 3.04. The minimum Gasteiger partial charge on any atom is -0.379 e. The molecule has 1 rings (SSSR count). The number of nitrogens with zero attached hydrogens (tertiary/aromatic N) is 1. The van der Waals surface area contributed by atoms with Gasteiger partial charge in [-0.05, 0) is 18.3 Å². The topological polar surface area (TPSA) is 58.6 Å². The predicted molar refractivity (Wildman–Crippen MR) is 73.6 cm³/mol. The molecule has 1 N–H and O–H groups in total. The maximum absolute atomic E-state index is 11.9. The number of ether oxygens (including phenoxy) is 1. The summed E-state index contributed by atoms with van der Waals surface area (Å²) in [4.78, 5) is 25.5. The number of carbonyl (C=O) groups is 2. The highest BCUT2D eigenvalue weighted by Crippen LogP contribution is 2.15. The summed E-state index contributed by atoms with van der Waals surface area (Å²) in [6.07, 6.45) is 0.696. The molecule has 2 amide bonds. The minimum absolute atomic E-state index is 0.0154. The molecule has 1 heterocycles. The van der Waals surface area contributed by atoms with Gasteiger partial charge >= 0.3 is 0 Å². The molecule has 0 saturated carbocycles. The Kier molecular flexibility index (Phi) is 6.28. The van der Waals surface area contributed by atoms with Crippen molar-refractivity contribution in [3.05, 3.63) is 0 Å². The van der Waals surface area contributed by atoms with E-state index in [0.717, 1.165) is 0 Å². The van der Waals surface area contributed by atoms with Crippen molar-refractivity contribution in [2.75, 3.05) is 26.3 Å². The first-order valence-electron chi connectivity index (χ1n) is 7.06. The van der Waals surface area contributed by atoms with Gasteiger partial charge in [0.15, 0.2) is 0 Å². The fraction of sp³-hybridized carbons (Fsp3) is 0.857. The van der Waals surface area contributed by atoms with E-state index in [1.54, 1.807) is 4.90 Å². The Labute approximate surface area is 115 Å². The summed E-state index contributed by atoms with van der Waals surface area (Å²) < 4.78 is 5.51. The van der Waals surface area contributed by atoms with Gasteiger partial charge in [-0.15, -0.1) is 0 Å². The van der Waals surface area contributed by atoms with Crippen molar-refractivity contribution in [1.82, 2.24) is 10.2 Å². The first-order valence-corrected chi connectivity index (χ1v) is 7.06. The second-order valence-electron chi connectivity index (χ2n) is 5.92. The highest BCUT2D eigenvalue weighted by atomic mass is 16.5. The number of hydrogen-bond donors (Lipinski definition) is 1. The Balaban J connectivity index is 2.52. The number of hydrogen-bond acceptors (Lipinski definition) is 3. The molecule has 1 aliphatic rings. The Bertz CT molecular complexity index is 316. The van der Waals surface area contributed by atoms with Crippen LogP contribution >= 0.6 is 0 Å². The van der Waals surface area contributed by atoms with Crippen LogP contribution in [0.4, 0.5) is 0 Å². The second kappa shape index (κ2) is 7.48. The molecule has 0 spiro atoms. The quantitative estimate of drug-likeness (QED) is 0.703. The van der Waals surface area contributed by atoms with Gasteiger partial charge in [0, 0.05) is 13.2 Å². The van der Waals surface area contributed by atoms with Crippen LogP contribution in [0, 0.1) is 11.8 Å². The molecular weight excluding hydrogens is 244 g/mol. The van der Waals surface area contributed by atoms with Crippen LogP contribution in [0.25, 0.3) is 0 Å². The van der Waals surface area contributed by atoms with Crippen LogP contribution in [-0.4, -0.2) is 49.1 Å². The van der Waals surface area contributed by atoms with E-state index < -0.39 is 0 Å². The third kappa shape index (κ3) is 5.19. The van der Waals surface area contributed by atoms with Crippen LogP contribution < -0.4 is 5.32 Å². The number of carbonyl (C=O) groups excluding carboxylic acids is 2. The summed E-state index contributed by atoms with van der Waals surface area (Å²) in [5.41, 5.74) is 0. The van der Waals surface area contributed by atoms with Crippen LogP contribution in [0.1, 0.15) is 34.1 Å². The molecule has 1 fully saturated rings. The van der Waals surface area contributed by atoms with Gasteiger partial charge in [0.05, 0.1) is 13.2 Å².